The number of thiophene rings is 1. The largest absolute Gasteiger partial charge is 0.310 e. The highest BCUT2D eigenvalue weighted by Gasteiger charge is 2.25. The summed E-state index contributed by atoms with van der Waals surface area (Å²) in [6.45, 7) is 6.41. The van der Waals surface area contributed by atoms with Crippen LogP contribution in [0, 0.1) is 6.92 Å². The molecule has 0 saturated carbocycles. The minimum Gasteiger partial charge on any atom is -0.310 e. The van der Waals surface area contributed by atoms with Gasteiger partial charge in [-0.15, -0.1) is 11.3 Å². The third-order valence-electron chi connectivity index (χ3n) is 14.8. The molecular weight excluding hydrogens is 937 g/mol. The van der Waals surface area contributed by atoms with E-state index in [1.54, 1.807) is 0 Å². The Morgan fingerprint density at radius 3 is 1.49 bits per heavy atom. The Morgan fingerprint density at radius 2 is 0.842 bits per heavy atom. The van der Waals surface area contributed by atoms with Crippen molar-refractivity contribution in [2.24, 2.45) is 0 Å². The molecule has 0 spiro atoms. The summed E-state index contributed by atoms with van der Waals surface area (Å²) in [5, 5.41) is 7.34. The van der Waals surface area contributed by atoms with E-state index >= 15 is 0 Å². The van der Waals surface area contributed by atoms with Crippen molar-refractivity contribution in [1.29, 1.82) is 0 Å². The van der Waals surface area contributed by atoms with Gasteiger partial charge < -0.3 is 9.80 Å². The lowest BCUT2D eigenvalue weighted by atomic mass is 9.90. The number of hydrogen-bond acceptors (Lipinski definition) is 3. The normalized spacial score (nSPS) is 11.5. The lowest BCUT2D eigenvalue weighted by Crippen LogP contribution is -2.15. The number of hydrogen-bond donors (Lipinski definition) is 0. The van der Waals surface area contributed by atoms with E-state index in [9.17, 15) is 0 Å². The maximum absolute atomic E-state index is 4.13. The van der Waals surface area contributed by atoms with E-state index in [0.717, 1.165) is 61.9 Å². The van der Waals surface area contributed by atoms with Gasteiger partial charge in [0.1, 0.15) is 0 Å². The van der Waals surface area contributed by atoms with Crippen molar-refractivity contribution < 1.29 is 0 Å². The smallest absolute Gasteiger partial charge is 0.0540 e. The van der Waals surface area contributed by atoms with Gasteiger partial charge in [-0.1, -0.05) is 225 Å². The van der Waals surface area contributed by atoms with Gasteiger partial charge in [0.05, 0.1) is 11.4 Å². The maximum Gasteiger partial charge on any atom is 0.0540 e. The Balaban J connectivity index is 0.988. The van der Waals surface area contributed by atoms with Crippen LogP contribution in [0.1, 0.15) is 11.1 Å². The highest BCUT2D eigenvalue weighted by molar-refractivity contribution is 7.25. The third kappa shape index (κ3) is 8.53. The van der Waals surface area contributed by atoms with Crippen molar-refractivity contribution >= 4 is 93.3 Å². The van der Waals surface area contributed by atoms with Crippen molar-refractivity contribution in [3.05, 3.63) is 297 Å². The van der Waals surface area contributed by atoms with Gasteiger partial charge in [0.25, 0.3) is 0 Å². The van der Waals surface area contributed by atoms with Crippen molar-refractivity contribution in [2.45, 2.75) is 6.92 Å². The molecule has 0 fully saturated rings. The number of fused-ring (bicyclic) bond motifs is 5. The van der Waals surface area contributed by atoms with Crippen LogP contribution in [-0.2, 0) is 0 Å². The lowest BCUT2D eigenvalue weighted by Gasteiger charge is -2.32. The van der Waals surface area contributed by atoms with Gasteiger partial charge in [-0.05, 0) is 140 Å². The summed E-state index contributed by atoms with van der Waals surface area (Å²) < 4.78 is 2.58. The second-order valence-electron chi connectivity index (χ2n) is 19.3. The number of allylic oxidation sites excluding steroid dienone is 2. The van der Waals surface area contributed by atoms with Gasteiger partial charge in [0.15, 0.2) is 0 Å². The van der Waals surface area contributed by atoms with E-state index in [-0.39, 0.29) is 0 Å². The average Bonchev–Trinajstić information content (AvgIpc) is 3.92. The van der Waals surface area contributed by atoms with Crippen LogP contribution >= 0.6 is 11.3 Å². The zero-order valence-corrected chi connectivity index (χ0v) is 43.0. The second kappa shape index (κ2) is 20.1. The average molecular weight is 989 g/mol. The summed E-state index contributed by atoms with van der Waals surface area (Å²) in [5.41, 5.74) is 18.1. The molecule has 12 aromatic carbocycles. The Bertz CT molecular complexity index is 4320. The van der Waals surface area contributed by atoms with Crippen LogP contribution in [0.2, 0.25) is 0 Å². The molecule has 0 saturated heterocycles. The lowest BCUT2D eigenvalue weighted by molar-refractivity contribution is 1.24. The predicted octanol–water partition coefficient (Wildman–Crippen LogP) is 21.5. The van der Waals surface area contributed by atoms with Crippen LogP contribution in [0.25, 0.3) is 92.3 Å². The van der Waals surface area contributed by atoms with E-state index in [0.29, 0.717) is 0 Å². The molecule has 0 atom stereocenters. The van der Waals surface area contributed by atoms with Crippen molar-refractivity contribution in [2.75, 3.05) is 9.80 Å². The first-order valence-corrected chi connectivity index (χ1v) is 26.8. The van der Waals surface area contributed by atoms with E-state index in [4.69, 9.17) is 0 Å². The van der Waals surface area contributed by atoms with E-state index in [1.807, 2.05) is 17.4 Å². The molecule has 360 valence electrons. The molecule has 0 unspecified atom stereocenters. The molecule has 0 aliphatic rings. The van der Waals surface area contributed by atoms with Gasteiger partial charge in [0, 0.05) is 54.0 Å². The van der Waals surface area contributed by atoms with Gasteiger partial charge in [-0.2, -0.15) is 0 Å². The summed E-state index contributed by atoms with van der Waals surface area (Å²) in [7, 11) is 0. The monoisotopic (exact) mass is 988 g/mol. The molecule has 76 heavy (non-hydrogen) atoms. The molecule has 0 radical (unpaired) electrons. The van der Waals surface area contributed by atoms with Crippen LogP contribution < -0.4 is 9.80 Å². The van der Waals surface area contributed by atoms with Gasteiger partial charge in [-0.25, -0.2) is 0 Å². The van der Waals surface area contributed by atoms with Gasteiger partial charge in [-0.3, -0.25) is 0 Å². The molecule has 13 rings (SSSR count). The minimum atomic E-state index is 1.06. The van der Waals surface area contributed by atoms with Crippen molar-refractivity contribution in [3.8, 4) is 44.5 Å². The highest BCUT2D eigenvalue weighted by Crippen LogP contribution is 2.50. The topological polar surface area (TPSA) is 6.48 Å². The molecule has 3 heteroatoms. The van der Waals surface area contributed by atoms with Crippen molar-refractivity contribution in [1.82, 2.24) is 0 Å². The third-order valence-corrected chi connectivity index (χ3v) is 16.0. The first-order chi connectivity index (χ1) is 37.6. The summed E-state index contributed by atoms with van der Waals surface area (Å²) in [6, 6.07) is 97.4. The molecule has 0 N–H and O–H groups in total. The zero-order valence-electron chi connectivity index (χ0n) is 42.1. The summed E-state index contributed by atoms with van der Waals surface area (Å²) >= 11 is 1.86. The van der Waals surface area contributed by atoms with Gasteiger partial charge >= 0.3 is 0 Å². The van der Waals surface area contributed by atoms with Crippen LogP contribution in [0.15, 0.2) is 286 Å². The van der Waals surface area contributed by atoms with Crippen LogP contribution in [0.5, 0.6) is 0 Å². The van der Waals surface area contributed by atoms with Crippen LogP contribution in [0.3, 0.4) is 0 Å². The fraction of sp³-hybridized carbons (Fsp3) is 0.0137. The Morgan fingerprint density at radius 1 is 0.355 bits per heavy atom. The Labute approximate surface area is 448 Å². The molecule has 2 nitrogen and oxygen atoms in total. The fourth-order valence-corrected chi connectivity index (χ4v) is 12.3. The number of benzene rings is 12. The van der Waals surface area contributed by atoms with E-state index in [2.05, 4.69) is 302 Å². The molecule has 13 aromatic rings. The number of para-hydroxylation sites is 2. The molecule has 0 aliphatic heterocycles. The molecule has 0 amide bonds. The van der Waals surface area contributed by atoms with Crippen LogP contribution in [0.4, 0.5) is 34.1 Å². The standard InChI is InChI=1S/C73H52N2S/c1-3-4-25-62-50(2)68(47-46-63(62)66-29-18-33-72-73(66)67-28-14-17-32-71(67)76-72)75(61-45-41-53-22-9-11-24-58(53)49-61)70-31-16-13-27-65(70)64-26-12-15-30-69(64)74(60-44-40-52-21-8-10-23-57(52)48-60)59-42-38-56(39-43-59)55-36-34-54(35-37-55)51-19-6-5-7-20-51/h3-49H,1H2,2H3/b25-4-. The SMILES string of the molecule is C=C/C=C\c1c(-c2cccc3sc4ccccc4c23)ccc(N(c2ccc3ccccc3c2)c2ccccc2-c2ccccc2N(c2ccc(-c3ccc(-c4ccccc4)cc3)cc2)c2ccc3ccccc3c2)c1C. The molecule has 1 aromatic heterocycles. The number of anilines is 6. The minimum absolute atomic E-state index is 1.06. The predicted molar refractivity (Wildman–Crippen MR) is 329 cm³/mol. The second-order valence-corrected chi connectivity index (χ2v) is 20.4. The first kappa shape index (κ1) is 46.3. The van der Waals surface area contributed by atoms with Crippen molar-refractivity contribution in [3.63, 3.8) is 0 Å². The zero-order chi connectivity index (χ0) is 51.0. The molecule has 0 aliphatic carbocycles. The Kier molecular flexibility index (Phi) is 12.2. The quantitative estimate of drug-likeness (QED) is 0.113. The number of rotatable bonds is 12. The van der Waals surface area contributed by atoms with E-state index in [1.165, 1.54) is 69.5 Å². The van der Waals surface area contributed by atoms with E-state index < -0.39 is 0 Å². The molecular formula is C73H52N2S. The Hall–Kier alpha value is -9.54. The van der Waals surface area contributed by atoms with Gasteiger partial charge in [0.2, 0.25) is 0 Å². The summed E-state index contributed by atoms with van der Waals surface area (Å²) in [6.07, 6.45) is 6.18. The van der Waals surface area contributed by atoms with Crippen LogP contribution in [-0.4, -0.2) is 0 Å². The molecule has 0 bridgehead atoms. The summed E-state index contributed by atoms with van der Waals surface area (Å²) in [5.74, 6) is 0. The number of nitrogens with zero attached hydrogens (tertiary/aromatic N) is 2. The highest BCUT2D eigenvalue weighted by atomic mass is 32.1. The molecule has 1 heterocycles. The summed E-state index contributed by atoms with van der Waals surface area (Å²) in [4.78, 5) is 4.90. The fourth-order valence-electron chi connectivity index (χ4n) is 11.1. The first-order valence-electron chi connectivity index (χ1n) is 25.9. The maximum atomic E-state index is 4.13.